The predicted octanol–water partition coefficient (Wildman–Crippen LogP) is 1.85. The molecule has 2 aliphatic heterocycles. The summed E-state index contributed by atoms with van der Waals surface area (Å²) in [6.45, 7) is 0.670. The Morgan fingerprint density at radius 1 is 1.15 bits per heavy atom. The van der Waals surface area contributed by atoms with Crippen molar-refractivity contribution in [2.24, 2.45) is 0 Å². The third-order valence-corrected chi connectivity index (χ3v) is 4.45. The maximum absolute atomic E-state index is 12.7. The summed E-state index contributed by atoms with van der Waals surface area (Å²) >= 11 is 0. The molecule has 2 aliphatic rings. The number of carbonyl (C=O) groups is 2. The summed E-state index contributed by atoms with van der Waals surface area (Å²) in [4.78, 5) is 26.2. The number of methoxy groups -OCH3 is 1. The molecule has 0 bridgehead atoms. The van der Waals surface area contributed by atoms with E-state index in [1.165, 1.54) is 4.90 Å². The van der Waals surface area contributed by atoms with Crippen LogP contribution < -0.4 is 24.4 Å². The van der Waals surface area contributed by atoms with Gasteiger partial charge in [0.2, 0.25) is 12.7 Å². The summed E-state index contributed by atoms with van der Waals surface area (Å²) < 4.78 is 15.8. The van der Waals surface area contributed by atoms with E-state index in [9.17, 15) is 9.59 Å². The fourth-order valence-electron chi connectivity index (χ4n) is 3.10. The topological polar surface area (TPSA) is 77.1 Å². The molecule has 1 N–H and O–H groups in total. The van der Waals surface area contributed by atoms with Gasteiger partial charge in [0, 0.05) is 12.6 Å². The van der Waals surface area contributed by atoms with Crippen molar-refractivity contribution in [3.63, 3.8) is 0 Å². The number of anilines is 1. The van der Waals surface area contributed by atoms with Gasteiger partial charge in [-0.2, -0.15) is 0 Å². The van der Waals surface area contributed by atoms with Crippen molar-refractivity contribution in [3.8, 4) is 17.2 Å². The molecule has 134 valence electrons. The number of amides is 2. The highest BCUT2D eigenvalue weighted by molar-refractivity contribution is 6.22. The zero-order valence-electron chi connectivity index (χ0n) is 14.2. The summed E-state index contributed by atoms with van der Waals surface area (Å²) in [5.74, 6) is 1.51. The molecule has 0 saturated carbocycles. The van der Waals surface area contributed by atoms with Crippen molar-refractivity contribution in [1.29, 1.82) is 0 Å². The molecule has 2 aromatic carbocycles. The van der Waals surface area contributed by atoms with Gasteiger partial charge in [-0.05, 0) is 29.8 Å². The highest BCUT2D eigenvalue weighted by atomic mass is 16.7. The molecule has 1 saturated heterocycles. The van der Waals surface area contributed by atoms with Crippen LogP contribution in [0.4, 0.5) is 5.69 Å². The first-order chi connectivity index (χ1) is 12.7. The zero-order valence-corrected chi connectivity index (χ0v) is 14.2. The molecule has 0 unspecified atom stereocenters. The molecule has 7 nitrogen and oxygen atoms in total. The van der Waals surface area contributed by atoms with E-state index in [2.05, 4.69) is 5.32 Å². The standard InChI is InChI=1S/C19H18N2O5/c1-24-14-4-2-3-13(8-14)21-18(22)9-15(19(21)23)20-10-12-5-6-16-17(7-12)26-11-25-16/h2-8,15,20H,9-11H2,1H3/t15-/m0/s1. The van der Waals surface area contributed by atoms with Crippen LogP contribution in [0.5, 0.6) is 17.2 Å². The molecule has 4 rings (SSSR count). The van der Waals surface area contributed by atoms with Crippen molar-refractivity contribution < 1.29 is 23.8 Å². The van der Waals surface area contributed by atoms with Gasteiger partial charge in [-0.25, -0.2) is 4.90 Å². The first kappa shape index (κ1) is 16.4. The molecule has 26 heavy (non-hydrogen) atoms. The summed E-state index contributed by atoms with van der Waals surface area (Å²) in [6.07, 6.45) is 0.126. The lowest BCUT2D eigenvalue weighted by Gasteiger charge is -2.16. The number of nitrogens with zero attached hydrogens (tertiary/aromatic N) is 1. The van der Waals surface area contributed by atoms with Gasteiger partial charge in [-0.3, -0.25) is 9.59 Å². The second-order valence-corrected chi connectivity index (χ2v) is 6.09. The summed E-state index contributed by atoms with van der Waals surface area (Å²) in [5, 5.41) is 3.16. The predicted molar refractivity (Wildman–Crippen MR) is 93.3 cm³/mol. The minimum atomic E-state index is -0.556. The van der Waals surface area contributed by atoms with Gasteiger partial charge >= 0.3 is 0 Å². The minimum Gasteiger partial charge on any atom is -0.497 e. The van der Waals surface area contributed by atoms with Gasteiger partial charge < -0.3 is 19.5 Å². The number of rotatable bonds is 5. The SMILES string of the molecule is COc1cccc(N2C(=O)C[C@H](NCc3ccc4c(c3)OCO4)C2=O)c1. The Morgan fingerprint density at radius 3 is 2.85 bits per heavy atom. The van der Waals surface area contributed by atoms with Gasteiger partial charge in [0.15, 0.2) is 11.5 Å². The van der Waals surface area contributed by atoms with E-state index in [4.69, 9.17) is 14.2 Å². The van der Waals surface area contributed by atoms with E-state index in [-0.39, 0.29) is 25.0 Å². The largest absolute Gasteiger partial charge is 0.497 e. The number of ether oxygens (including phenoxy) is 3. The van der Waals surface area contributed by atoms with Crippen LogP contribution in [0, 0.1) is 0 Å². The molecule has 2 heterocycles. The summed E-state index contributed by atoms with van der Waals surface area (Å²) in [7, 11) is 1.54. The maximum atomic E-state index is 12.7. The van der Waals surface area contributed by atoms with Gasteiger partial charge in [-0.15, -0.1) is 0 Å². The molecule has 0 aliphatic carbocycles. The average molecular weight is 354 g/mol. The zero-order chi connectivity index (χ0) is 18.1. The number of fused-ring (bicyclic) bond motifs is 1. The molecular weight excluding hydrogens is 336 g/mol. The molecule has 0 aromatic heterocycles. The van der Waals surface area contributed by atoms with E-state index in [1.54, 1.807) is 31.4 Å². The molecule has 2 amide bonds. The molecular formula is C19H18N2O5. The fraction of sp³-hybridized carbons (Fsp3) is 0.263. The third kappa shape index (κ3) is 2.97. The minimum absolute atomic E-state index is 0.126. The van der Waals surface area contributed by atoms with Crippen LogP contribution in [-0.4, -0.2) is 31.8 Å². The van der Waals surface area contributed by atoms with Crippen molar-refractivity contribution in [1.82, 2.24) is 5.32 Å². The molecule has 2 aromatic rings. The molecule has 0 spiro atoms. The Morgan fingerprint density at radius 2 is 2.00 bits per heavy atom. The van der Waals surface area contributed by atoms with Crippen LogP contribution in [0.25, 0.3) is 0 Å². The lowest BCUT2D eigenvalue weighted by Crippen LogP contribution is -2.38. The van der Waals surface area contributed by atoms with Crippen molar-refractivity contribution in [2.45, 2.75) is 19.0 Å². The third-order valence-electron chi connectivity index (χ3n) is 4.45. The lowest BCUT2D eigenvalue weighted by molar-refractivity contribution is -0.121. The van der Waals surface area contributed by atoms with Crippen LogP contribution >= 0.6 is 0 Å². The van der Waals surface area contributed by atoms with Crippen LogP contribution in [0.3, 0.4) is 0 Å². The highest BCUT2D eigenvalue weighted by Gasteiger charge is 2.39. The fourth-order valence-corrected chi connectivity index (χ4v) is 3.10. The van der Waals surface area contributed by atoms with E-state index < -0.39 is 6.04 Å². The second-order valence-electron chi connectivity index (χ2n) is 6.09. The molecule has 1 fully saturated rings. The van der Waals surface area contributed by atoms with E-state index >= 15 is 0 Å². The van der Waals surface area contributed by atoms with Crippen molar-refractivity contribution >= 4 is 17.5 Å². The molecule has 7 heteroatoms. The van der Waals surface area contributed by atoms with Crippen LogP contribution in [0.15, 0.2) is 42.5 Å². The van der Waals surface area contributed by atoms with E-state index in [0.29, 0.717) is 29.5 Å². The van der Waals surface area contributed by atoms with Crippen molar-refractivity contribution in [3.05, 3.63) is 48.0 Å². The monoisotopic (exact) mass is 354 g/mol. The molecule has 0 radical (unpaired) electrons. The van der Waals surface area contributed by atoms with Gasteiger partial charge in [-0.1, -0.05) is 12.1 Å². The number of hydrogen-bond donors (Lipinski definition) is 1. The first-order valence-corrected chi connectivity index (χ1v) is 8.28. The Hall–Kier alpha value is -3.06. The van der Waals surface area contributed by atoms with E-state index in [1.807, 2.05) is 18.2 Å². The van der Waals surface area contributed by atoms with Crippen molar-refractivity contribution in [2.75, 3.05) is 18.8 Å². The second kappa shape index (κ2) is 6.68. The first-order valence-electron chi connectivity index (χ1n) is 8.28. The van der Waals surface area contributed by atoms with Gasteiger partial charge in [0.1, 0.15) is 5.75 Å². The van der Waals surface area contributed by atoms with Gasteiger partial charge in [0.25, 0.3) is 5.91 Å². The van der Waals surface area contributed by atoms with Gasteiger partial charge in [0.05, 0.1) is 25.3 Å². The average Bonchev–Trinajstić information content (AvgIpc) is 3.23. The Labute approximate surface area is 150 Å². The van der Waals surface area contributed by atoms with Crippen LogP contribution in [0.2, 0.25) is 0 Å². The smallest absolute Gasteiger partial charge is 0.251 e. The normalized spacial score (nSPS) is 18.5. The number of nitrogens with one attached hydrogen (secondary N) is 1. The van der Waals surface area contributed by atoms with E-state index in [0.717, 1.165) is 5.56 Å². The maximum Gasteiger partial charge on any atom is 0.251 e. The quantitative estimate of drug-likeness (QED) is 0.826. The molecule has 1 atom stereocenters. The number of benzene rings is 2. The number of carbonyl (C=O) groups excluding carboxylic acids is 2. The highest BCUT2D eigenvalue weighted by Crippen LogP contribution is 2.32. The Kier molecular flexibility index (Phi) is 4.22. The van der Waals surface area contributed by atoms with Crippen LogP contribution in [-0.2, 0) is 16.1 Å². The Bertz CT molecular complexity index is 867. The summed E-state index contributed by atoms with van der Waals surface area (Å²) in [5.41, 5.74) is 1.47. The lowest BCUT2D eigenvalue weighted by atomic mass is 10.1. The number of imide groups is 1. The summed E-state index contributed by atoms with van der Waals surface area (Å²) in [6, 6.07) is 12.0. The Balaban J connectivity index is 1.45. The van der Waals surface area contributed by atoms with Crippen LogP contribution in [0.1, 0.15) is 12.0 Å². The number of hydrogen-bond acceptors (Lipinski definition) is 6.